The maximum absolute atomic E-state index is 12.1. The van der Waals surface area contributed by atoms with E-state index in [1.165, 1.54) is 25.1 Å². The first-order chi connectivity index (χ1) is 9.38. The predicted molar refractivity (Wildman–Crippen MR) is 69.5 cm³/mol. The van der Waals surface area contributed by atoms with Crippen LogP contribution in [-0.2, 0) is 14.8 Å². The number of hydrogen-bond donors (Lipinski definition) is 2. The molecule has 1 aromatic rings. The van der Waals surface area contributed by atoms with Crippen LogP contribution in [0, 0.1) is 0 Å². The van der Waals surface area contributed by atoms with Gasteiger partial charge in [-0.2, -0.15) is 0 Å². The standard InChI is InChI=1S/C12H15NO6S/c1-8(6-12(14)15)13-20(16,17)9-2-3-10-11(7-9)19-5-4-18-10/h2-3,7-8,13H,4-6H2,1H3,(H,14,15). The van der Waals surface area contributed by atoms with Gasteiger partial charge in [-0.15, -0.1) is 0 Å². The Morgan fingerprint density at radius 2 is 2.00 bits per heavy atom. The number of hydrogen-bond acceptors (Lipinski definition) is 5. The van der Waals surface area contributed by atoms with E-state index in [0.29, 0.717) is 24.7 Å². The van der Waals surface area contributed by atoms with Crippen molar-refractivity contribution in [3.63, 3.8) is 0 Å². The van der Waals surface area contributed by atoms with Gasteiger partial charge in [0.2, 0.25) is 10.0 Å². The van der Waals surface area contributed by atoms with Crippen LogP contribution in [0.2, 0.25) is 0 Å². The Balaban J connectivity index is 2.19. The van der Waals surface area contributed by atoms with Gasteiger partial charge >= 0.3 is 5.97 Å². The van der Waals surface area contributed by atoms with Gasteiger partial charge in [-0.1, -0.05) is 0 Å². The fourth-order valence-corrected chi connectivity index (χ4v) is 3.09. The fourth-order valence-electron chi connectivity index (χ4n) is 1.83. The number of sulfonamides is 1. The highest BCUT2D eigenvalue weighted by Crippen LogP contribution is 2.32. The van der Waals surface area contributed by atoms with E-state index in [2.05, 4.69) is 4.72 Å². The molecular formula is C12H15NO6S. The highest BCUT2D eigenvalue weighted by molar-refractivity contribution is 7.89. The minimum Gasteiger partial charge on any atom is -0.486 e. The molecule has 0 spiro atoms. The predicted octanol–water partition coefficient (Wildman–Crippen LogP) is 0.599. The topological polar surface area (TPSA) is 102 Å². The number of carboxylic acids is 1. The first-order valence-electron chi connectivity index (χ1n) is 6.02. The van der Waals surface area contributed by atoms with E-state index in [-0.39, 0.29) is 11.3 Å². The molecular weight excluding hydrogens is 286 g/mol. The van der Waals surface area contributed by atoms with E-state index in [0.717, 1.165) is 0 Å². The van der Waals surface area contributed by atoms with Crippen LogP contribution < -0.4 is 14.2 Å². The molecule has 7 nitrogen and oxygen atoms in total. The van der Waals surface area contributed by atoms with Crippen molar-refractivity contribution >= 4 is 16.0 Å². The minimum absolute atomic E-state index is 0.0130. The minimum atomic E-state index is -3.79. The lowest BCUT2D eigenvalue weighted by Crippen LogP contribution is -2.34. The maximum atomic E-state index is 12.1. The Labute approximate surface area is 116 Å². The van der Waals surface area contributed by atoms with Crippen molar-refractivity contribution in [2.24, 2.45) is 0 Å². The van der Waals surface area contributed by atoms with Crippen molar-refractivity contribution < 1.29 is 27.8 Å². The number of fused-ring (bicyclic) bond motifs is 1. The molecule has 1 unspecified atom stereocenters. The summed E-state index contributed by atoms with van der Waals surface area (Å²) in [6, 6.07) is 3.57. The molecule has 0 bridgehead atoms. The molecule has 20 heavy (non-hydrogen) atoms. The van der Waals surface area contributed by atoms with Crippen LogP contribution in [0.1, 0.15) is 13.3 Å². The molecule has 1 heterocycles. The first-order valence-corrected chi connectivity index (χ1v) is 7.50. The van der Waals surface area contributed by atoms with Crippen LogP contribution in [0.3, 0.4) is 0 Å². The quantitative estimate of drug-likeness (QED) is 0.825. The van der Waals surface area contributed by atoms with E-state index < -0.39 is 22.0 Å². The maximum Gasteiger partial charge on any atom is 0.304 e. The van der Waals surface area contributed by atoms with E-state index >= 15 is 0 Å². The SMILES string of the molecule is CC(CC(=O)O)NS(=O)(=O)c1ccc2c(c1)OCCO2. The number of benzene rings is 1. The zero-order valence-electron chi connectivity index (χ0n) is 10.8. The molecule has 1 aliphatic heterocycles. The molecule has 0 saturated heterocycles. The van der Waals surface area contributed by atoms with Crippen LogP contribution in [0.25, 0.3) is 0 Å². The smallest absolute Gasteiger partial charge is 0.304 e. The van der Waals surface area contributed by atoms with Crippen LogP contribution in [-0.4, -0.2) is 38.7 Å². The summed E-state index contributed by atoms with van der Waals surface area (Å²) >= 11 is 0. The molecule has 0 fully saturated rings. The van der Waals surface area contributed by atoms with Crippen molar-refractivity contribution in [1.82, 2.24) is 4.72 Å². The summed E-state index contributed by atoms with van der Waals surface area (Å²) in [5.74, 6) is -0.207. The second-order valence-corrected chi connectivity index (χ2v) is 6.14. The average molecular weight is 301 g/mol. The van der Waals surface area contributed by atoms with E-state index in [4.69, 9.17) is 14.6 Å². The fraction of sp³-hybridized carbons (Fsp3) is 0.417. The third-order valence-corrected chi connectivity index (χ3v) is 4.25. The lowest BCUT2D eigenvalue weighted by atomic mass is 10.3. The highest BCUT2D eigenvalue weighted by atomic mass is 32.2. The highest BCUT2D eigenvalue weighted by Gasteiger charge is 2.22. The van der Waals surface area contributed by atoms with Gasteiger partial charge in [0.05, 0.1) is 11.3 Å². The van der Waals surface area contributed by atoms with Gasteiger partial charge < -0.3 is 14.6 Å². The zero-order chi connectivity index (χ0) is 14.8. The van der Waals surface area contributed by atoms with Crippen LogP contribution in [0.5, 0.6) is 11.5 Å². The molecule has 110 valence electrons. The Morgan fingerprint density at radius 1 is 1.35 bits per heavy atom. The summed E-state index contributed by atoms with van der Waals surface area (Å²) in [6.07, 6.45) is -0.288. The van der Waals surface area contributed by atoms with Gasteiger partial charge in [0.25, 0.3) is 0 Å². The molecule has 0 aromatic heterocycles. The molecule has 0 amide bonds. The molecule has 1 aliphatic rings. The van der Waals surface area contributed by atoms with Crippen molar-refractivity contribution in [3.8, 4) is 11.5 Å². The Morgan fingerprint density at radius 3 is 2.65 bits per heavy atom. The van der Waals surface area contributed by atoms with E-state index in [1.54, 1.807) is 0 Å². The molecule has 0 radical (unpaired) electrons. The van der Waals surface area contributed by atoms with Gasteiger partial charge in [0, 0.05) is 12.1 Å². The van der Waals surface area contributed by atoms with Crippen molar-refractivity contribution in [2.45, 2.75) is 24.3 Å². The number of ether oxygens (including phenoxy) is 2. The number of carbonyl (C=O) groups is 1. The van der Waals surface area contributed by atoms with E-state index in [1.807, 2.05) is 0 Å². The summed E-state index contributed by atoms with van der Waals surface area (Å²) in [7, 11) is -3.79. The Kier molecular flexibility index (Phi) is 4.15. The number of rotatable bonds is 5. The summed E-state index contributed by atoms with van der Waals surface area (Å²) < 4.78 is 37.1. The number of carboxylic acid groups (broad SMARTS) is 1. The van der Waals surface area contributed by atoms with Gasteiger partial charge in [-0.25, -0.2) is 13.1 Å². The Hall–Kier alpha value is -1.80. The third-order valence-electron chi connectivity index (χ3n) is 2.66. The van der Waals surface area contributed by atoms with Gasteiger partial charge in [0.1, 0.15) is 13.2 Å². The van der Waals surface area contributed by atoms with Gasteiger partial charge in [-0.05, 0) is 19.1 Å². The van der Waals surface area contributed by atoms with Crippen molar-refractivity contribution in [3.05, 3.63) is 18.2 Å². The molecule has 0 aliphatic carbocycles. The van der Waals surface area contributed by atoms with Gasteiger partial charge in [0.15, 0.2) is 11.5 Å². The summed E-state index contributed by atoms with van der Waals surface area (Å²) in [6.45, 7) is 2.27. The Bertz CT molecular complexity index is 612. The summed E-state index contributed by atoms with van der Waals surface area (Å²) in [5, 5.41) is 8.64. The van der Waals surface area contributed by atoms with Crippen LogP contribution >= 0.6 is 0 Å². The second-order valence-electron chi connectivity index (χ2n) is 4.43. The molecule has 2 rings (SSSR count). The van der Waals surface area contributed by atoms with E-state index in [9.17, 15) is 13.2 Å². The molecule has 0 saturated carbocycles. The number of aliphatic carboxylic acids is 1. The zero-order valence-corrected chi connectivity index (χ0v) is 11.6. The lowest BCUT2D eigenvalue weighted by Gasteiger charge is -2.19. The molecule has 1 atom stereocenters. The molecule has 1 aromatic carbocycles. The first kappa shape index (κ1) is 14.6. The van der Waals surface area contributed by atoms with Crippen molar-refractivity contribution in [1.29, 1.82) is 0 Å². The lowest BCUT2D eigenvalue weighted by molar-refractivity contribution is -0.137. The van der Waals surface area contributed by atoms with Crippen molar-refractivity contribution in [2.75, 3.05) is 13.2 Å². The largest absolute Gasteiger partial charge is 0.486 e. The number of nitrogens with one attached hydrogen (secondary N) is 1. The van der Waals surface area contributed by atoms with Gasteiger partial charge in [-0.3, -0.25) is 4.79 Å². The summed E-state index contributed by atoms with van der Waals surface area (Å²) in [4.78, 5) is 10.6. The third kappa shape index (κ3) is 3.40. The molecule has 8 heteroatoms. The monoisotopic (exact) mass is 301 g/mol. The van der Waals surface area contributed by atoms with Crippen LogP contribution in [0.4, 0.5) is 0 Å². The summed E-state index contributed by atoms with van der Waals surface area (Å²) in [5.41, 5.74) is 0. The second kappa shape index (κ2) is 5.68. The average Bonchev–Trinajstić information content (AvgIpc) is 2.36. The normalized spacial score (nSPS) is 15.7. The van der Waals surface area contributed by atoms with Crippen LogP contribution in [0.15, 0.2) is 23.1 Å². The molecule has 2 N–H and O–H groups in total.